The van der Waals surface area contributed by atoms with Crippen molar-refractivity contribution >= 4 is 20.0 Å². The maximum absolute atomic E-state index is 10.9. The van der Waals surface area contributed by atoms with Gasteiger partial charge in [-0.2, -0.15) is 8.42 Å². The predicted molar refractivity (Wildman–Crippen MR) is 45.0 cm³/mol. The Morgan fingerprint density at radius 1 is 1.14 bits per heavy atom. The number of aromatic nitrogens is 2. The minimum absolute atomic E-state index is 0.495. The van der Waals surface area contributed by atoms with E-state index in [0.717, 1.165) is 18.6 Å². The Morgan fingerprint density at radius 2 is 1.57 bits per heavy atom. The molecule has 1 aromatic rings. The average molecular weight is 238 g/mol. The maximum atomic E-state index is 10.9. The monoisotopic (exact) mass is 238 g/mol. The van der Waals surface area contributed by atoms with E-state index >= 15 is 0 Å². The first-order valence-corrected chi connectivity index (χ1v) is 6.54. The Kier molecular flexibility index (Phi) is 2.56. The number of hydrogen-bond donors (Lipinski definition) is 1. The van der Waals surface area contributed by atoms with E-state index in [1.54, 1.807) is 0 Å². The highest BCUT2D eigenvalue weighted by molar-refractivity contribution is 7.90. The lowest BCUT2D eigenvalue weighted by molar-refractivity contribution is 0.481. The van der Waals surface area contributed by atoms with Gasteiger partial charge in [0.1, 0.15) is 4.90 Å². The fraction of sp³-hybridized carbons (Fsp3) is 0.200. The molecule has 0 bridgehead atoms. The first kappa shape index (κ1) is 11.0. The third-order valence-corrected chi connectivity index (χ3v) is 2.91. The predicted octanol–water partition coefficient (Wildman–Crippen LogP) is -0.873. The first-order chi connectivity index (χ1) is 6.21. The Bertz CT molecular complexity index is 479. The Morgan fingerprint density at radius 3 is 1.86 bits per heavy atom. The zero-order chi connectivity index (χ0) is 11.0. The minimum Gasteiger partial charge on any atom is -0.282 e. The molecule has 0 aliphatic rings. The van der Waals surface area contributed by atoms with Crippen LogP contribution < -0.4 is 0 Å². The van der Waals surface area contributed by atoms with Crippen molar-refractivity contribution in [2.75, 3.05) is 6.26 Å². The van der Waals surface area contributed by atoms with Crippen LogP contribution in [0.3, 0.4) is 0 Å². The lowest BCUT2D eigenvalue weighted by Gasteiger charge is -1.97. The summed E-state index contributed by atoms with van der Waals surface area (Å²) < 4.78 is 51.3. The smallest absolute Gasteiger partial charge is 0.282 e. The number of hydrogen-bond acceptors (Lipinski definition) is 6. The molecule has 0 fully saturated rings. The molecule has 0 unspecified atom stereocenters. The fourth-order valence-electron chi connectivity index (χ4n) is 0.629. The van der Waals surface area contributed by atoms with Gasteiger partial charge in [0.2, 0.25) is 15.0 Å². The van der Waals surface area contributed by atoms with Gasteiger partial charge in [-0.05, 0) is 0 Å². The fourth-order valence-corrected chi connectivity index (χ4v) is 1.49. The molecule has 78 valence electrons. The van der Waals surface area contributed by atoms with Crippen molar-refractivity contribution in [3.63, 3.8) is 0 Å². The second kappa shape index (κ2) is 3.26. The van der Waals surface area contributed by atoms with E-state index in [2.05, 4.69) is 9.97 Å². The highest BCUT2D eigenvalue weighted by atomic mass is 32.2. The third kappa shape index (κ3) is 2.47. The van der Waals surface area contributed by atoms with Gasteiger partial charge in [-0.25, -0.2) is 18.4 Å². The lowest BCUT2D eigenvalue weighted by Crippen LogP contribution is -2.06. The molecule has 0 aromatic carbocycles. The molecule has 0 amide bonds. The van der Waals surface area contributed by atoms with E-state index in [4.69, 9.17) is 4.55 Å². The van der Waals surface area contributed by atoms with Crippen molar-refractivity contribution in [2.24, 2.45) is 0 Å². The summed E-state index contributed by atoms with van der Waals surface area (Å²) in [5.41, 5.74) is 0. The van der Waals surface area contributed by atoms with Crippen LogP contribution in [-0.4, -0.2) is 37.6 Å². The number of sulfone groups is 1. The van der Waals surface area contributed by atoms with Gasteiger partial charge >= 0.3 is 0 Å². The standard InChI is InChI=1S/C5H6N2O5S2/c1-13(8,9)5-6-2-4(3-7-5)14(10,11)12/h2-3H,1H3,(H,10,11,12). The van der Waals surface area contributed by atoms with Gasteiger partial charge in [0.25, 0.3) is 10.1 Å². The van der Waals surface area contributed by atoms with Crippen molar-refractivity contribution in [3.8, 4) is 0 Å². The molecule has 0 atom stereocenters. The van der Waals surface area contributed by atoms with Crippen LogP contribution in [0.4, 0.5) is 0 Å². The molecule has 1 N–H and O–H groups in total. The van der Waals surface area contributed by atoms with Crippen LogP contribution in [0.15, 0.2) is 22.4 Å². The number of nitrogens with zero attached hydrogens (tertiary/aromatic N) is 2. The van der Waals surface area contributed by atoms with E-state index in [0.29, 0.717) is 0 Å². The molecule has 1 heterocycles. The molecule has 0 aliphatic carbocycles. The van der Waals surface area contributed by atoms with Crippen molar-refractivity contribution in [1.82, 2.24) is 9.97 Å². The molecule has 0 saturated carbocycles. The van der Waals surface area contributed by atoms with Crippen LogP contribution in [0.5, 0.6) is 0 Å². The number of rotatable bonds is 2. The molecule has 14 heavy (non-hydrogen) atoms. The van der Waals surface area contributed by atoms with Crippen molar-refractivity contribution < 1.29 is 21.4 Å². The third-order valence-electron chi connectivity index (χ3n) is 1.23. The molecular formula is C5H6N2O5S2. The van der Waals surface area contributed by atoms with Crippen LogP contribution in [0.25, 0.3) is 0 Å². The Hall–Kier alpha value is -1.06. The highest BCUT2D eigenvalue weighted by Crippen LogP contribution is 2.06. The summed E-state index contributed by atoms with van der Waals surface area (Å²) in [7, 11) is -7.95. The first-order valence-electron chi connectivity index (χ1n) is 3.21. The van der Waals surface area contributed by atoms with Gasteiger partial charge < -0.3 is 0 Å². The Labute approximate surface area is 80.5 Å². The van der Waals surface area contributed by atoms with E-state index in [9.17, 15) is 16.8 Å². The van der Waals surface area contributed by atoms with E-state index in [1.165, 1.54) is 0 Å². The molecule has 0 spiro atoms. The molecule has 0 saturated heterocycles. The van der Waals surface area contributed by atoms with Gasteiger partial charge in [0.15, 0.2) is 0 Å². The summed E-state index contributed by atoms with van der Waals surface area (Å²) in [4.78, 5) is 6.01. The van der Waals surface area contributed by atoms with Crippen molar-refractivity contribution in [2.45, 2.75) is 10.1 Å². The van der Waals surface area contributed by atoms with Gasteiger partial charge in [-0.1, -0.05) is 0 Å². The molecule has 1 rings (SSSR count). The van der Waals surface area contributed by atoms with Crippen LogP contribution in [0.1, 0.15) is 0 Å². The summed E-state index contributed by atoms with van der Waals surface area (Å²) in [6.07, 6.45) is 2.33. The van der Waals surface area contributed by atoms with Gasteiger partial charge in [0.05, 0.1) is 12.4 Å². The van der Waals surface area contributed by atoms with E-state index in [-0.39, 0.29) is 0 Å². The van der Waals surface area contributed by atoms with Crippen molar-refractivity contribution in [3.05, 3.63) is 12.4 Å². The molecule has 7 nitrogen and oxygen atoms in total. The topological polar surface area (TPSA) is 114 Å². The summed E-state index contributed by atoms with van der Waals surface area (Å²) in [5, 5.41) is -0.495. The van der Waals surface area contributed by atoms with E-state index in [1.807, 2.05) is 0 Å². The van der Waals surface area contributed by atoms with Crippen LogP contribution in [-0.2, 0) is 20.0 Å². The average Bonchev–Trinajstić information content (AvgIpc) is 2.01. The quantitative estimate of drug-likeness (QED) is 0.526. The maximum Gasteiger partial charge on any atom is 0.297 e. The molecule has 9 heteroatoms. The molecular weight excluding hydrogens is 232 g/mol. The molecule has 0 aliphatic heterocycles. The normalized spacial score (nSPS) is 12.7. The molecule has 1 aromatic heterocycles. The SMILES string of the molecule is CS(=O)(=O)c1ncc(S(=O)(=O)O)cn1. The van der Waals surface area contributed by atoms with Gasteiger partial charge in [-0.15, -0.1) is 0 Å². The Balaban J connectivity index is 3.28. The van der Waals surface area contributed by atoms with Crippen LogP contribution in [0.2, 0.25) is 0 Å². The van der Waals surface area contributed by atoms with Gasteiger partial charge in [0, 0.05) is 6.26 Å². The minimum atomic E-state index is -4.38. The molecule has 0 radical (unpaired) electrons. The van der Waals surface area contributed by atoms with Crippen LogP contribution >= 0.6 is 0 Å². The zero-order valence-electron chi connectivity index (χ0n) is 6.95. The highest BCUT2D eigenvalue weighted by Gasteiger charge is 2.14. The van der Waals surface area contributed by atoms with Crippen molar-refractivity contribution in [1.29, 1.82) is 0 Å². The van der Waals surface area contributed by atoms with Crippen LogP contribution in [0, 0.1) is 0 Å². The second-order valence-electron chi connectivity index (χ2n) is 2.45. The zero-order valence-corrected chi connectivity index (χ0v) is 8.58. The summed E-state index contributed by atoms with van der Waals surface area (Å²) >= 11 is 0. The van der Waals surface area contributed by atoms with E-state index < -0.39 is 30.0 Å². The summed E-state index contributed by atoms with van der Waals surface area (Å²) in [5.74, 6) is 0. The summed E-state index contributed by atoms with van der Waals surface area (Å²) in [6.45, 7) is 0. The largest absolute Gasteiger partial charge is 0.297 e. The lowest BCUT2D eigenvalue weighted by atomic mass is 10.7. The van der Waals surface area contributed by atoms with Gasteiger partial charge in [-0.3, -0.25) is 4.55 Å². The second-order valence-corrected chi connectivity index (χ2v) is 5.78. The summed E-state index contributed by atoms with van der Waals surface area (Å²) in [6, 6.07) is 0.